The number of para-hydroxylation sites is 1. The van der Waals surface area contributed by atoms with Gasteiger partial charge in [-0.15, -0.1) is 0 Å². The van der Waals surface area contributed by atoms with Crippen LogP contribution in [0.4, 0.5) is 0 Å². The van der Waals surface area contributed by atoms with Crippen molar-refractivity contribution in [3.63, 3.8) is 0 Å². The summed E-state index contributed by atoms with van der Waals surface area (Å²) in [6, 6.07) is 6.27. The molecule has 0 aromatic heterocycles. The van der Waals surface area contributed by atoms with E-state index in [1.165, 1.54) is 0 Å². The average Bonchev–Trinajstić information content (AvgIpc) is 2.45. The van der Waals surface area contributed by atoms with Crippen molar-refractivity contribution in [2.75, 3.05) is 19.8 Å². The first-order valence-corrected chi connectivity index (χ1v) is 8.21. The average molecular weight is 344 g/mol. The smallest absolute Gasteiger partial charge is 0.136 e. The van der Waals surface area contributed by atoms with Crippen molar-refractivity contribution in [2.24, 2.45) is 5.73 Å². The Morgan fingerprint density at radius 2 is 2.00 bits per heavy atom. The van der Waals surface area contributed by atoms with Gasteiger partial charge in [-0.25, -0.2) is 0 Å². The molecule has 1 atom stereocenters. The summed E-state index contributed by atoms with van der Waals surface area (Å²) in [4.78, 5) is 0. The highest BCUT2D eigenvalue weighted by Crippen LogP contribution is 2.30. The predicted octanol–water partition coefficient (Wildman–Crippen LogP) is 3.92. The zero-order valence-corrected chi connectivity index (χ0v) is 14.1. The molecular weight excluding hydrogens is 318 g/mol. The molecular formula is C16H26BrNO2. The molecule has 0 aliphatic carbocycles. The van der Waals surface area contributed by atoms with E-state index >= 15 is 0 Å². The topological polar surface area (TPSA) is 44.5 Å². The molecule has 0 spiro atoms. The summed E-state index contributed by atoms with van der Waals surface area (Å²) in [6.07, 6.45) is 4.06. The molecule has 0 aliphatic heterocycles. The molecule has 0 saturated heterocycles. The Hall–Kier alpha value is -0.580. The molecule has 0 aliphatic rings. The fourth-order valence-corrected chi connectivity index (χ4v) is 2.38. The maximum absolute atomic E-state index is 6.04. The molecule has 1 unspecified atom stereocenters. The summed E-state index contributed by atoms with van der Waals surface area (Å²) < 4.78 is 12.4. The first-order valence-electron chi connectivity index (χ1n) is 7.42. The lowest BCUT2D eigenvalue weighted by atomic mass is 10.0. The first kappa shape index (κ1) is 17.5. The van der Waals surface area contributed by atoms with Crippen molar-refractivity contribution in [1.29, 1.82) is 0 Å². The summed E-state index contributed by atoms with van der Waals surface area (Å²) in [5.41, 5.74) is 7.19. The third-order valence-corrected chi connectivity index (χ3v) is 3.80. The van der Waals surface area contributed by atoms with Crippen LogP contribution < -0.4 is 10.5 Å². The molecule has 20 heavy (non-hydrogen) atoms. The third kappa shape index (κ3) is 6.25. The normalized spacial score (nSPS) is 12.4. The van der Waals surface area contributed by atoms with Crippen LogP contribution in [0.25, 0.3) is 0 Å². The number of nitrogens with two attached hydrogens (primary N) is 1. The van der Waals surface area contributed by atoms with Gasteiger partial charge in [0.2, 0.25) is 0 Å². The van der Waals surface area contributed by atoms with E-state index < -0.39 is 0 Å². The van der Waals surface area contributed by atoms with Crippen LogP contribution in [0, 0.1) is 0 Å². The van der Waals surface area contributed by atoms with Crippen molar-refractivity contribution >= 4 is 15.9 Å². The highest BCUT2D eigenvalue weighted by molar-refractivity contribution is 9.10. The molecule has 0 saturated carbocycles. The zero-order chi connectivity index (χ0) is 14.8. The van der Waals surface area contributed by atoms with Gasteiger partial charge in [0.1, 0.15) is 12.4 Å². The predicted molar refractivity (Wildman–Crippen MR) is 87.3 cm³/mol. The van der Waals surface area contributed by atoms with Crippen LogP contribution in [0.15, 0.2) is 22.7 Å². The van der Waals surface area contributed by atoms with Crippen molar-refractivity contribution in [2.45, 2.75) is 45.6 Å². The highest BCUT2D eigenvalue weighted by Gasteiger charge is 2.11. The number of hydrogen-bond acceptors (Lipinski definition) is 3. The van der Waals surface area contributed by atoms with Gasteiger partial charge in [-0.05, 0) is 46.8 Å². The quantitative estimate of drug-likeness (QED) is 0.654. The van der Waals surface area contributed by atoms with Gasteiger partial charge in [0.05, 0.1) is 11.1 Å². The van der Waals surface area contributed by atoms with Gasteiger partial charge < -0.3 is 15.2 Å². The Morgan fingerprint density at radius 3 is 2.70 bits per heavy atom. The number of unbranched alkanes of at least 4 members (excludes halogenated alkanes) is 1. The maximum Gasteiger partial charge on any atom is 0.136 e. The molecule has 114 valence electrons. The van der Waals surface area contributed by atoms with E-state index in [1.54, 1.807) is 0 Å². The summed E-state index contributed by atoms with van der Waals surface area (Å²) in [5.74, 6) is 0.899. The van der Waals surface area contributed by atoms with Gasteiger partial charge in [0.25, 0.3) is 0 Å². The monoisotopic (exact) mass is 343 g/mol. The summed E-state index contributed by atoms with van der Waals surface area (Å²) in [5, 5.41) is 0. The molecule has 1 aromatic rings. The Kier molecular flexibility index (Phi) is 8.90. The van der Waals surface area contributed by atoms with Crippen LogP contribution >= 0.6 is 15.9 Å². The van der Waals surface area contributed by atoms with Gasteiger partial charge >= 0.3 is 0 Å². The van der Waals surface area contributed by atoms with E-state index in [1.807, 2.05) is 12.1 Å². The van der Waals surface area contributed by atoms with E-state index in [9.17, 15) is 0 Å². The maximum atomic E-state index is 6.04. The molecule has 0 fully saturated rings. The van der Waals surface area contributed by atoms with Crippen LogP contribution in [0.5, 0.6) is 5.75 Å². The van der Waals surface area contributed by atoms with Gasteiger partial charge in [-0.1, -0.05) is 32.4 Å². The van der Waals surface area contributed by atoms with Gasteiger partial charge in [0, 0.05) is 12.6 Å². The molecule has 3 nitrogen and oxygen atoms in total. The number of benzene rings is 1. The van der Waals surface area contributed by atoms with Crippen molar-refractivity contribution < 1.29 is 9.47 Å². The molecule has 1 rings (SSSR count). The fraction of sp³-hybridized carbons (Fsp3) is 0.625. The number of halogens is 1. The van der Waals surface area contributed by atoms with E-state index in [2.05, 4.69) is 35.8 Å². The third-order valence-electron chi connectivity index (χ3n) is 3.17. The number of rotatable bonds is 10. The Morgan fingerprint density at radius 1 is 1.20 bits per heavy atom. The highest BCUT2D eigenvalue weighted by atomic mass is 79.9. The Labute approximate surface area is 131 Å². The van der Waals surface area contributed by atoms with Crippen molar-refractivity contribution in [3.05, 3.63) is 28.2 Å². The van der Waals surface area contributed by atoms with Crippen LogP contribution in [-0.4, -0.2) is 25.9 Å². The minimum Gasteiger partial charge on any atom is -0.490 e. The van der Waals surface area contributed by atoms with Crippen LogP contribution in [0.2, 0.25) is 0 Å². The minimum absolute atomic E-state index is 0.174. The Bertz CT molecular complexity index is 385. The standard InChI is InChI=1S/C16H26BrNO2/c1-3-5-9-19-10-11-20-16-13(12-14(18)4-2)7-6-8-15(16)17/h6-8,14H,3-5,9-12,18H2,1-2H3. The van der Waals surface area contributed by atoms with Gasteiger partial charge in [-0.2, -0.15) is 0 Å². The van der Waals surface area contributed by atoms with Crippen LogP contribution in [0.3, 0.4) is 0 Å². The molecule has 0 bridgehead atoms. The minimum atomic E-state index is 0.174. The molecule has 0 amide bonds. The SMILES string of the molecule is CCCCOCCOc1c(Br)cccc1CC(N)CC. The van der Waals surface area contributed by atoms with E-state index in [4.69, 9.17) is 15.2 Å². The Balaban J connectivity index is 2.50. The fourth-order valence-electron chi connectivity index (χ4n) is 1.85. The molecule has 0 heterocycles. The van der Waals surface area contributed by atoms with E-state index in [0.717, 1.165) is 48.1 Å². The largest absolute Gasteiger partial charge is 0.490 e. The first-order chi connectivity index (χ1) is 9.69. The second kappa shape index (κ2) is 10.2. The summed E-state index contributed by atoms with van der Waals surface area (Å²) in [6.45, 7) is 6.26. The molecule has 2 N–H and O–H groups in total. The number of hydrogen-bond donors (Lipinski definition) is 1. The second-order valence-electron chi connectivity index (χ2n) is 4.91. The van der Waals surface area contributed by atoms with Gasteiger partial charge in [-0.3, -0.25) is 0 Å². The van der Waals surface area contributed by atoms with Crippen LogP contribution in [0.1, 0.15) is 38.7 Å². The van der Waals surface area contributed by atoms with E-state index in [0.29, 0.717) is 13.2 Å². The molecule has 1 aromatic carbocycles. The van der Waals surface area contributed by atoms with Crippen molar-refractivity contribution in [1.82, 2.24) is 0 Å². The lowest BCUT2D eigenvalue weighted by molar-refractivity contribution is 0.0974. The summed E-state index contributed by atoms with van der Waals surface area (Å²) in [7, 11) is 0. The van der Waals surface area contributed by atoms with E-state index in [-0.39, 0.29) is 6.04 Å². The number of ether oxygens (including phenoxy) is 2. The second-order valence-corrected chi connectivity index (χ2v) is 5.77. The lowest BCUT2D eigenvalue weighted by Gasteiger charge is -2.16. The molecule has 0 radical (unpaired) electrons. The molecule has 4 heteroatoms. The lowest BCUT2D eigenvalue weighted by Crippen LogP contribution is -2.22. The summed E-state index contributed by atoms with van der Waals surface area (Å²) >= 11 is 3.55. The van der Waals surface area contributed by atoms with Crippen molar-refractivity contribution in [3.8, 4) is 5.75 Å². The van der Waals surface area contributed by atoms with Gasteiger partial charge in [0.15, 0.2) is 0 Å². The zero-order valence-electron chi connectivity index (χ0n) is 12.5. The van der Waals surface area contributed by atoms with Crippen LogP contribution in [-0.2, 0) is 11.2 Å².